The van der Waals surface area contributed by atoms with Gasteiger partial charge in [-0.25, -0.2) is 8.78 Å². The van der Waals surface area contributed by atoms with Crippen LogP contribution in [-0.4, -0.2) is 4.98 Å². The van der Waals surface area contributed by atoms with Crippen LogP contribution in [0.15, 0.2) is 60.8 Å². The first kappa shape index (κ1) is 13.4. The van der Waals surface area contributed by atoms with Gasteiger partial charge in [-0.05, 0) is 54.4 Å². The van der Waals surface area contributed by atoms with E-state index in [9.17, 15) is 8.78 Å². The minimum atomic E-state index is -0.276. The van der Waals surface area contributed by atoms with Gasteiger partial charge in [0.2, 0.25) is 0 Å². The average molecular weight is 281 g/mol. The van der Waals surface area contributed by atoms with E-state index in [0.717, 1.165) is 22.4 Å². The molecule has 0 amide bonds. The van der Waals surface area contributed by atoms with Crippen LogP contribution in [0.5, 0.6) is 0 Å². The van der Waals surface area contributed by atoms with Crippen molar-refractivity contribution in [2.24, 2.45) is 0 Å². The second kappa shape index (κ2) is 5.44. The standard InChI is InChI=1S/C18H13F2N/c1-12-11-14(6-9-17(12)20)18-16(3-2-10-21-18)13-4-7-15(19)8-5-13/h2-11H,1H3. The largest absolute Gasteiger partial charge is 0.256 e. The van der Waals surface area contributed by atoms with Crippen LogP contribution in [0.2, 0.25) is 0 Å². The summed E-state index contributed by atoms with van der Waals surface area (Å²) in [5, 5.41) is 0. The lowest BCUT2D eigenvalue weighted by Crippen LogP contribution is -1.91. The number of halogens is 2. The maximum absolute atomic E-state index is 13.4. The third-order valence-corrected chi connectivity index (χ3v) is 3.39. The fourth-order valence-electron chi connectivity index (χ4n) is 2.29. The molecule has 0 fully saturated rings. The Morgan fingerprint density at radius 1 is 0.857 bits per heavy atom. The van der Waals surface area contributed by atoms with Gasteiger partial charge in [0, 0.05) is 17.3 Å². The zero-order valence-electron chi connectivity index (χ0n) is 11.5. The van der Waals surface area contributed by atoms with Crippen LogP contribution in [0.3, 0.4) is 0 Å². The van der Waals surface area contributed by atoms with Crippen LogP contribution < -0.4 is 0 Å². The molecule has 0 saturated carbocycles. The molecule has 1 heterocycles. The van der Waals surface area contributed by atoms with E-state index >= 15 is 0 Å². The molecular weight excluding hydrogens is 268 g/mol. The Morgan fingerprint density at radius 2 is 1.57 bits per heavy atom. The number of aromatic nitrogens is 1. The van der Waals surface area contributed by atoms with Gasteiger partial charge in [-0.2, -0.15) is 0 Å². The highest BCUT2D eigenvalue weighted by molar-refractivity contribution is 5.80. The zero-order chi connectivity index (χ0) is 14.8. The number of hydrogen-bond donors (Lipinski definition) is 0. The number of benzene rings is 2. The summed E-state index contributed by atoms with van der Waals surface area (Å²) in [5.41, 5.74) is 3.94. The van der Waals surface area contributed by atoms with Crippen LogP contribution in [-0.2, 0) is 0 Å². The highest BCUT2D eigenvalue weighted by Gasteiger charge is 2.10. The molecule has 3 rings (SSSR count). The van der Waals surface area contributed by atoms with Crippen LogP contribution in [0.25, 0.3) is 22.4 Å². The average Bonchev–Trinajstić information content (AvgIpc) is 2.51. The normalized spacial score (nSPS) is 10.6. The third kappa shape index (κ3) is 2.68. The number of nitrogens with zero attached hydrogens (tertiary/aromatic N) is 1. The third-order valence-electron chi connectivity index (χ3n) is 3.39. The van der Waals surface area contributed by atoms with E-state index in [-0.39, 0.29) is 11.6 Å². The van der Waals surface area contributed by atoms with Crippen molar-refractivity contribution in [1.29, 1.82) is 0 Å². The SMILES string of the molecule is Cc1cc(-c2ncccc2-c2ccc(F)cc2)ccc1F. The quantitative estimate of drug-likeness (QED) is 0.644. The van der Waals surface area contributed by atoms with Crippen molar-refractivity contribution >= 4 is 0 Å². The first-order chi connectivity index (χ1) is 10.1. The summed E-state index contributed by atoms with van der Waals surface area (Å²) < 4.78 is 26.5. The van der Waals surface area contributed by atoms with Gasteiger partial charge < -0.3 is 0 Å². The van der Waals surface area contributed by atoms with Crippen molar-refractivity contribution in [3.8, 4) is 22.4 Å². The van der Waals surface area contributed by atoms with E-state index in [1.165, 1.54) is 18.2 Å². The maximum Gasteiger partial charge on any atom is 0.126 e. The molecule has 3 heteroatoms. The summed E-state index contributed by atoms with van der Waals surface area (Å²) in [6, 6.07) is 14.9. The summed E-state index contributed by atoms with van der Waals surface area (Å²) in [5.74, 6) is -0.514. The predicted molar refractivity (Wildman–Crippen MR) is 79.8 cm³/mol. The van der Waals surface area contributed by atoms with E-state index in [2.05, 4.69) is 4.98 Å². The number of rotatable bonds is 2. The number of pyridine rings is 1. The topological polar surface area (TPSA) is 12.9 Å². The fourth-order valence-corrected chi connectivity index (χ4v) is 2.29. The van der Waals surface area contributed by atoms with Crippen molar-refractivity contribution in [3.63, 3.8) is 0 Å². The first-order valence-corrected chi connectivity index (χ1v) is 6.62. The first-order valence-electron chi connectivity index (χ1n) is 6.62. The van der Waals surface area contributed by atoms with E-state index in [4.69, 9.17) is 0 Å². The molecule has 0 bridgehead atoms. The van der Waals surface area contributed by atoms with E-state index < -0.39 is 0 Å². The Labute approximate surface area is 121 Å². The molecule has 104 valence electrons. The lowest BCUT2D eigenvalue weighted by Gasteiger charge is -2.10. The lowest BCUT2D eigenvalue weighted by molar-refractivity contribution is 0.618. The fraction of sp³-hybridized carbons (Fsp3) is 0.0556. The molecule has 0 aliphatic rings. The molecule has 0 saturated heterocycles. The van der Waals surface area contributed by atoms with Gasteiger partial charge in [-0.15, -0.1) is 0 Å². The van der Waals surface area contributed by atoms with Gasteiger partial charge in [0.05, 0.1) is 5.69 Å². The maximum atomic E-state index is 13.4. The van der Waals surface area contributed by atoms with Crippen molar-refractivity contribution in [3.05, 3.63) is 78.0 Å². The summed E-state index contributed by atoms with van der Waals surface area (Å²) in [6.45, 7) is 1.72. The summed E-state index contributed by atoms with van der Waals surface area (Å²) in [6.07, 6.45) is 1.70. The molecule has 3 aromatic rings. The Balaban J connectivity index is 2.15. The van der Waals surface area contributed by atoms with E-state index in [1.807, 2.05) is 12.1 Å². The zero-order valence-corrected chi connectivity index (χ0v) is 11.5. The summed E-state index contributed by atoms with van der Waals surface area (Å²) in [7, 11) is 0. The van der Waals surface area contributed by atoms with Gasteiger partial charge in [0.25, 0.3) is 0 Å². The Kier molecular flexibility index (Phi) is 3.48. The molecule has 0 atom stereocenters. The van der Waals surface area contributed by atoms with Gasteiger partial charge in [-0.3, -0.25) is 4.98 Å². The van der Waals surface area contributed by atoms with Crippen LogP contribution in [0.4, 0.5) is 8.78 Å². The van der Waals surface area contributed by atoms with Crippen LogP contribution in [0, 0.1) is 18.6 Å². The Morgan fingerprint density at radius 3 is 2.29 bits per heavy atom. The summed E-state index contributed by atoms with van der Waals surface area (Å²) in [4.78, 5) is 4.40. The van der Waals surface area contributed by atoms with Gasteiger partial charge in [-0.1, -0.05) is 18.2 Å². The molecule has 0 spiro atoms. The molecule has 2 aromatic carbocycles. The second-order valence-corrected chi connectivity index (χ2v) is 4.87. The summed E-state index contributed by atoms with van der Waals surface area (Å²) >= 11 is 0. The van der Waals surface area contributed by atoms with E-state index in [0.29, 0.717) is 5.56 Å². The molecular formula is C18H13F2N. The monoisotopic (exact) mass is 281 g/mol. The molecule has 0 unspecified atom stereocenters. The highest BCUT2D eigenvalue weighted by Crippen LogP contribution is 2.30. The van der Waals surface area contributed by atoms with Gasteiger partial charge >= 0.3 is 0 Å². The lowest BCUT2D eigenvalue weighted by atomic mass is 9.98. The molecule has 0 aliphatic heterocycles. The minimum Gasteiger partial charge on any atom is -0.256 e. The molecule has 21 heavy (non-hydrogen) atoms. The van der Waals surface area contributed by atoms with Gasteiger partial charge in [0.1, 0.15) is 11.6 Å². The molecule has 0 N–H and O–H groups in total. The second-order valence-electron chi connectivity index (χ2n) is 4.87. The van der Waals surface area contributed by atoms with Crippen molar-refractivity contribution in [2.75, 3.05) is 0 Å². The molecule has 1 aromatic heterocycles. The Hall–Kier alpha value is -2.55. The van der Waals surface area contributed by atoms with Crippen molar-refractivity contribution in [1.82, 2.24) is 4.98 Å². The molecule has 1 nitrogen and oxygen atoms in total. The number of aryl methyl sites for hydroxylation is 1. The van der Waals surface area contributed by atoms with Crippen molar-refractivity contribution in [2.45, 2.75) is 6.92 Å². The number of hydrogen-bond acceptors (Lipinski definition) is 1. The van der Waals surface area contributed by atoms with Gasteiger partial charge in [0.15, 0.2) is 0 Å². The van der Waals surface area contributed by atoms with Crippen molar-refractivity contribution < 1.29 is 8.78 Å². The minimum absolute atomic E-state index is 0.238. The van der Waals surface area contributed by atoms with Crippen LogP contribution in [0.1, 0.15) is 5.56 Å². The molecule has 0 aliphatic carbocycles. The van der Waals surface area contributed by atoms with E-state index in [1.54, 1.807) is 37.4 Å². The Bertz CT molecular complexity index is 779. The predicted octanol–water partition coefficient (Wildman–Crippen LogP) is 5.00. The van der Waals surface area contributed by atoms with Crippen LogP contribution >= 0.6 is 0 Å². The molecule has 0 radical (unpaired) electrons. The highest BCUT2D eigenvalue weighted by atomic mass is 19.1. The smallest absolute Gasteiger partial charge is 0.126 e.